The summed E-state index contributed by atoms with van der Waals surface area (Å²) < 4.78 is 13.7. The topological polar surface area (TPSA) is 20.2 Å². The number of aliphatic hydroxyl groups excluding tert-OH is 1. The molecule has 0 heterocycles. The second-order valence-electron chi connectivity index (χ2n) is 3.90. The molecule has 17 heavy (non-hydrogen) atoms. The molecule has 3 heteroatoms. The minimum Gasteiger partial charge on any atom is -0.388 e. The summed E-state index contributed by atoms with van der Waals surface area (Å²) in [7, 11) is 0. The van der Waals surface area contributed by atoms with Crippen molar-refractivity contribution in [2.24, 2.45) is 0 Å². The highest BCUT2D eigenvalue weighted by atomic mass is 79.9. The Kier molecular flexibility index (Phi) is 3.92. The highest BCUT2D eigenvalue weighted by Gasteiger charge is 2.08. The first-order valence-corrected chi connectivity index (χ1v) is 6.12. The molecule has 1 unspecified atom stereocenters. The summed E-state index contributed by atoms with van der Waals surface area (Å²) in [6.07, 6.45) is -0.0877. The predicted octanol–water partition coefficient (Wildman–Crippen LogP) is 3.86. The second-order valence-corrected chi connectivity index (χ2v) is 4.82. The van der Waals surface area contributed by atoms with E-state index in [4.69, 9.17) is 0 Å². The van der Waals surface area contributed by atoms with Crippen LogP contribution in [0.2, 0.25) is 0 Å². The van der Waals surface area contributed by atoms with Gasteiger partial charge in [0.2, 0.25) is 0 Å². The molecule has 2 rings (SSSR count). The Labute approximate surface area is 108 Å². The molecule has 0 bridgehead atoms. The number of rotatable bonds is 3. The normalized spacial score (nSPS) is 12.4. The lowest BCUT2D eigenvalue weighted by Crippen LogP contribution is -2.01. The van der Waals surface area contributed by atoms with E-state index in [0.717, 1.165) is 15.6 Å². The van der Waals surface area contributed by atoms with Crippen molar-refractivity contribution < 1.29 is 9.50 Å². The molecule has 0 aliphatic rings. The maximum Gasteiger partial charge on any atom is 0.123 e. The van der Waals surface area contributed by atoms with Gasteiger partial charge in [-0.1, -0.05) is 40.2 Å². The molecule has 1 N–H and O–H groups in total. The minimum absolute atomic E-state index is 0.289. The largest absolute Gasteiger partial charge is 0.388 e. The van der Waals surface area contributed by atoms with Crippen LogP contribution >= 0.6 is 15.9 Å². The first-order valence-electron chi connectivity index (χ1n) is 5.33. The smallest absolute Gasteiger partial charge is 0.123 e. The Balaban J connectivity index is 2.11. The van der Waals surface area contributed by atoms with Crippen LogP contribution in [0.1, 0.15) is 17.2 Å². The van der Waals surface area contributed by atoms with Crippen molar-refractivity contribution in [1.29, 1.82) is 0 Å². The number of hydrogen-bond donors (Lipinski definition) is 1. The van der Waals surface area contributed by atoms with E-state index in [2.05, 4.69) is 15.9 Å². The predicted molar refractivity (Wildman–Crippen MR) is 69.2 cm³/mol. The highest BCUT2D eigenvalue weighted by Crippen LogP contribution is 2.20. The Bertz CT molecular complexity index is 496. The van der Waals surface area contributed by atoms with E-state index in [1.807, 2.05) is 24.3 Å². The maximum atomic E-state index is 12.7. The Morgan fingerprint density at radius 2 is 1.82 bits per heavy atom. The molecular weight excluding hydrogens is 283 g/mol. The van der Waals surface area contributed by atoms with Crippen LogP contribution in [0.25, 0.3) is 0 Å². The van der Waals surface area contributed by atoms with Gasteiger partial charge in [0, 0.05) is 10.9 Å². The minimum atomic E-state index is -0.607. The molecule has 0 aliphatic carbocycles. The van der Waals surface area contributed by atoms with Crippen LogP contribution in [-0.2, 0) is 6.42 Å². The maximum absolute atomic E-state index is 12.7. The molecule has 0 amide bonds. The zero-order valence-corrected chi connectivity index (χ0v) is 10.7. The third-order valence-electron chi connectivity index (χ3n) is 2.57. The zero-order chi connectivity index (χ0) is 12.3. The number of halogens is 2. The van der Waals surface area contributed by atoms with Crippen molar-refractivity contribution in [1.82, 2.24) is 0 Å². The standard InChI is InChI=1S/C14H12BrFO/c15-12-3-1-2-10(8-12)9-14(17)11-4-6-13(16)7-5-11/h1-8,14,17H,9H2. The van der Waals surface area contributed by atoms with Crippen molar-refractivity contribution >= 4 is 15.9 Å². The fraction of sp³-hybridized carbons (Fsp3) is 0.143. The molecule has 2 aromatic rings. The highest BCUT2D eigenvalue weighted by molar-refractivity contribution is 9.10. The van der Waals surface area contributed by atoms with Gasteiger partial charge in [0.15, 0.2) is 0 Å². The molecule has 0 spiro atoms. The number of benzene rings is 2. The lowest BCUT2D eigenvalue weighted by molar-refractivity contribution is 0.178. The van der Waals surface area contributed by atoms with E-state index in [1.54, 1.807) is 12.1 Å². The van der Waals surface area contributed by atoms with Crippen LogP contribution in [-0.4, -0.2) is 5.11 Å². The zero-order valence-electron chi connectivity index (χ0n) is 9.11. The summed E-state index contributed by atoms with van der Waals surface area (Å²) >= 11 is 3.39. The van der Waals surface area contributed by atoms with Gasteiger partial charge in [0.05, 0.1) is 6.10 Å². The molecule has 0 fully saturated rings. The van der Waals surface area contributed by atoms with Gasteiger partial charge >= 0.3 is 0 Å². The number of hydrogen-bond acceptors (Lipinski definition) is 1. The van der Waals surface area contributed by atoms with E-state index in [9.17, 15) is 9.50 Å². The average molecular weight is 295 g/mol. The lowest BCUT2D eigenvalue weighted by Gasteiger charge is -2.11. The Hall–Kier alpha value is -1.19. The lowest BCUT2D eigenvalue weighted by atomic mass is 10.0. The van der Waals surface area contributed by atoms with E-state index in [-0.39, 0.29) is 5.82 Å². The molecule has 0 saturated carbocycles. The molecular formula is C14H12BrFO. The van der Waals surface area contributed by atoms with Crippen LogP contribution in [0.15, 0.2) is 53.0 Å². The van der Waals surface area contributed by atoms with Gasteiger partial charge in [-0.15, -0.1) is 0 Å². The van der Waals surface area contributed by atoms with Crippen LogP contribution in [0.3, 0.4) is 0 Å². The van der Waals surface area contributed by atoms with E-state index in [1.165, 1.54) is 12.1 Å². The van der Waals surface area contributed by atoms with Gasteiger partial charge in [0.25, 0.3) is 0 Å². The van der Waals surface area contributed by atoms with Gasteiger partial charge in [-0.2, -0.15) is 0 Å². The molecule has 0 aromatic heterocycles. The van der Waals surface area contributed by atoms with Crippen LogP contribution in [0, 0.1) is 5.82 Å². The molecule has 0 saturated heterocycles. The van der Waals surface area contributed by atoms with Gasteiger partial charge < -0.3 is 5.11 Å². The Morgan fingerprint density at radius 3 is 2.47 bits per heavy atom. The van der Waals surface area contributed by atoms with Gasteiger partial charge in [-0.25, -0.2) is 4.39 Å². The number of aliphatic hydroxyl groups is 1. The van der Waals surface area contributed by atoms with Crippen LogP contribution in [0.4, 0.5) is 4.39 Å². The van der Waals surface area contributed by atoms with Gasteiger partial charge in [-0.05, 0) is 35.4 Å². The van der Waals surface area contributed by atoms with Crippen molar-refractivity contribution in [3.8, 4) is 0 Å². The summed E-state index contributed by atoms with van der Waals surface area (Å²) in [5.41, 5.74) is 1.77. The quantitative estimate of drug-likeness (QED) is 0.911. The van der Waals surface area contributed by atoms with Gasteiger partial charge in [0.1, 0.15) is 5.82 Å². The van der Waals surface area contributed by atoms with Crippen molar-refractivity contribution in [2.75, 3.05) is 0 Å². The average Bonchev–Trinajstić information content (AvgIpc) is 2.29. The fourth-order valence-electron chi connectivity index (χ4n) is 1.69. The van der Waals surface area contributed by atoms with Crippen molar-refractivity contribution in [3.05, 3.63) is 69.9 Å². The summed E-state index contributed by atoms with van der Waals surface area (Å²) in [6.45, 7) is 0. The van der Waals surface area contributed by atoms with Crippen molar-refractivity contribution in [2.45, 2.75) is 12.5 Å². The third kappa shape index (κ3) is 3.38. The van der Waals surface area contributed by atoms with Crippen LogP contribution in [0.5, 0.6) is 0 Å². The molecule has 88 valence electrons. The third-order valence-corrected chi connectivity index (χ3v) is 3.07. The molecule has 1 atom stereocenters. The van der Waals surface area contributed by atoms with E-state index < -0.39 is 6.10 Å². The first kappa shape index (κ1) is 12.3. The summed E-state index contributed by atoms with van der Waals surface area (Å²) in [4.78, 5) is 0. The molecule has 1 nitrogen and oxygen atoms in total. The summed E-state index contributed by atoms with van der Waals surface area (Å²) in [5.74, 6) is -0.289. The fourth-order valence-corrected chi connectivity index (χ4v) is 2.14. The SMILES string of the molecule is OC(Cc1cccc(Br)c1)c1ccc(F)cc1. The molecule has 0 radical (unpaired) electrons. The first-order chi connectivity index (χ1) is 8.15. The Morgan fingerprint density at radius 1 is 1.12 bits per heavy atom. The van der Waals surface area contributed by atoms with Crippen molar-refractivity contribution in [3.63, 3.8) is 0 Å². The monoisotopic (exact) mass is 294 g/mol. The summed E-state index contributed by atoms with van der Waals surface area (Å²) in [5, 5.41) is 10.0. The van der Waals surface area contributed by atoms with Crippen LogP contribution < -0.4 is 0 Å². The van der Waals surface area contributed by atoms with Gasteiger partial charge in [-0.3, -0.25) is 0 Å². The molecule has 2 aromatic carbocycles. The van der Waals surface area contributed by atoms with E-state index in [0.29, 0.717) is 6.42 Å². The molecule has 0 aliphatic heterocycles. The summed E-state index contributed by atoms with van der Waals surface area (Å²) in [6, 6.07) is 13.7. The second kappa shape index (κ2) is 5.43. The van der Waals surface area contributed by atoms with E-state index >= 15 is 0 Å².